The van der Waals surface area contributed by atoms with E-state index in [1.807, 2.05) is 0 Å². The topological polar surface area (TPSA) is 26.0 Å². The fourth-order valence-corrected chi connectivity index (χ4v) is 1.39. The molecule has 0 bridgehead atoms. The molecule has 1 rings (SSSR count). The van der Waals surface area contributed by atoms with Crippen molar-refractivity contribution in [1.82, 2.24) is 0 Å². The van der Waals surface area contributed by atoms with Crippen LogP contribution >= 0.6 is 15.9 Å². The molecular weight excluding hydrogens is 190 g/mol. The monoisotopic (exact) mass is 201 g/mol. The fourth-order valence-electron chi connectivity index (χ4n) is 0.977. The molecule has 56 valence electrons. The summed E-state index contributed by atoms with van der Waals surface area (Å²) in [6.07, 6.45) is 9.54. The first kappa shape index (κ1) is 8.02. The van der Waals surface area contributed by atoms with Gasteiger partial charge >= 0.3 is 0 Å². The summed E-state index contributed by atoms with van der Waals surface area (Å²) in [6, 6.07) is 0.355. The minimum absolute atomic E-state index is 0.355. The Balaban J connectivity index is 2.51. The molecule has 0 aromatic heterocycles. The minimum Gasteiger partial charge on any atom is -0.327 e. The predicted molar refractivity (Wildman–Crippen MR) is 48.0 cm³/mol. The lowest BCUT2D eigenvalue weighted by molar-refractivity contribution is 0.626. The van der Waals surface area contributed by atoms with Crippen molar-refractivity contribution in [3.05, 3.63) is 22.7 Å². The van der Waals surface area contributed by atoms with Crippen LogP contribution in [0.1, 0.15) is 19.3 Å². The van der Waals surface area contributed by atoms with Gasteiger partial charge in [0.05, 0.1) is 0 Å². The maximum Gasteiger partial charge on any atom is 0.0132 e. The lowest BCUT2D eigenvalue weighted by Gasteiger charge is -2.08. The van der Waals surface area contributed by atoms with Gasteiger partial charge in [-0.2, -0.15) is 0 Å². The van der Waals surface area contributed by atoms with Crippen LogP contribution in [0.2, 0.25) is 0 Å². The zero-order valence-corrected chi connectivity index (χ0v) is 7.47. The highest BCUT2D eigenvalue weighted by Crippen LogP contribution is 2.14. The number of halogens is 1. The summed E-state index contributed by atoms with van der Waals surface area (Å²) in [7, 11) is 0. The van der Waals surface area contributed by atoms with Gasteiger partial charge < -0.3 is 5.73 Å². The Morgan fingerprint density at radius 1 is 1.60 bits per heavy atom. The quantitative estimate of drug-likeness (QED) is 0.640. The van der Waals surface area contributed by atoms with E-state index >= 15 is 0 Å². The first-order chi connectivity index (χ1) is 4.79. The third-order valence-electron chi connectivity index (χ3n) is 1.59. The zero-order chi connectivity index (χ0) is 7.40. The summed E-state index contributed by atoms with van der Waals surface area (Å²) >= 11 is 3.43. The minimum atomic E-state index is 0.355. The summed E-state index contributed by atoms with van der Waals surface area (Å²) in [4.78, 5) is 0. The van der Waals surface area contributed by atoms with Crippen molar-refractivity contribution in [2.24, 2.45) is 5.73 Å². The summed E-state index contributed by atoms with van der Waals surface area (Å²) in [5.41, 5.74) is 5.75. The van der Waals surface area contributed by atoms with Gasteiger partial charge in [-0.1, -0.05) is 34.2 Å². The summed E-state index contributed by atoms with van der Waals surface area (Å²) < 4.78 is 1.18. The molecule has 1 nitrogen and oxygen atoms in total. The van der Waals surface area contributed by atoms with Gasteiger partial charge in [0.15, 0.2) is 0 Å². The van der Waals surface area contributed by atoms with Crippen LogP contribution in [0, 0.1) is 0 Å². The zero-order valence-electron chi connectivity index (χ0n) is 5.89. The molecule has 0 saturated heterocycles. The standard InChI is InChI=1S/C8H12BrN/c9-7-3-1-5-8(10)6-2-4-7/h1,3-4,8H,2,5-6,10H2/b3-1-,7-4+. The molecule has 0 amide bonds. The third-order valence-corrected chi connectivity index (χ3v) is 2.18. The fraction of sp³-hybridized carbons (Fsp3) is 0.500. The molecular formula is C8H12BrN. The molecule has 10 heavy (non-hydrogen) atoms. The molecule has 0 radical (unpaired) electrons. The molecule has 1 aliphatic carbocycles. The van der Waals surface area contributed by atoms with Crippen LogP contribution < -0.4 is 5.73 Å². The van der Waals surface area contributed by atoms with Gasteiger partial charge in [-0.25, -0.2) is 0 Å². The normalized spacial score (nSPS) is 35.4. The van der Waals surface area contributed by atoms with Gasteiger partial charge in [-0.05, 0) is 19.3 Å². The van der Waals surface area contributed by atoms with E-state index in [1.165, 1.54) is 4.48 Å². The van der Waals surface area contributed by atoms with Crippen LogP contribution in [0.5, 0.6) is 0 Å². The second kappa shape index (κ2) is 3.94. The van der Waals surface area contributed by atoms with Gasteiger partial charge in [-0.3, -0.25) is 0 Å². The summed E-state index contributed by atoms with van der Waals surface area (Å²) in [6.45, 7) is 0. The Morgan fingerprint density at radius 2 is 2.40 bits per heavy atom. The van der Waals surface area contributed by atoms with Crippen LogP contribution in [-0.2, 0) is 0 Å². The first-order valence-corrected chi connectivity index (χ1v) is 4.36. The molecule has 2 N–H and O–H groups in total. The van der Waals surface area contributed by atoms with Gasteiger partial charge in [0.1, 0.15) is 0 Å². The number of hydrogen-bond acceptors (Lipinski definition) is 1. The molecule has 1 aliphatic rings. The SMILES string of the molecule is NC1C/C=C\C(Br)=C/CC1. The van der Waals surface area contributed by atoms with Crippen molar-refractivity contribution >= 4 is 15.9 Å². The average Bonchev–Trinajstić information content (AvgIpc) is 1.84. The highest BCUT2D eigenvalue weighted by Gasteiger charge is 2.00. The molecule has 0 heterocycles. The molecule has 1 atom stereocenters. The maximum atomic E-state index is 5.75. The average molecular weight is 202 g/mol. The van der Waals surface area contributed by atoms with Gasteiger partial charge in [0.2, 0.25) is 0 Å². The van der Waals surface area contributed by atoms with Gasteiger partial charge in [0, 0.05) is 10.5 Å². The Labute approximate surface area is 70.1 Å². The van der Waals surface area contributed by atoms with Crippen molar-refractivity contribution in [1.29, 1.82) is 0 Å². The van der Waals surface area contributed by atoms with Gasteiger partial charge in [-0.15, -0.1) is 0 Å². The Kier molecular flexibility index (Phi) is 3.16. The number of hydrogen-bond donors (Lipinski definition) is 1. The van der Waals surface area contributed by atoms with Crippen molar-refractivity contribution in [2.75, 3.05) is 0 Å². The molecule has 2 heteroatoms. The Morgan fingerprint density at radius 3 is 3.20 bits per heavy atom. The lowest BCUT2D eigenvalue weighted by atomic mass is 10.1. The second-order valence-electron chi connectivity index (χ2n) is 2.56. The molecule has 1 unspecified atom stereocenters. The van der Waals surface area contributed by atoms with Crippen molar-refractivity contribution in [2.45, 2.75) is 25.3 Å². The van der Waals surface area contributed by atoms with E-state index in [4.69, 9.17) is 5.73 Å². The summed E-state index contributed by atoms with van der Waals surface area (Å²) in [5, 5.41) is 0. The molecule has 0 aliphatic heterocycles. The van der Waals surface area contributed by atoms with Crippen molar-refractivity contribution in [3.8, 4) is 0 Å². The van der Waals surface area contributed by atoms with E-state index in [1.54, 1.807) is 0 Å². The smallest absolute Gasteiger partial charge is 0.0132 e. The lowest BCUT2D eigenvalue weighted by Crippen LogP contribution is -2.18. The second-order valence-corrected chi connectivity index (χ2v) is 3.48. The number of rotatable bonds is 0. The number of allylic oxidation sites excluding steroid dienone is 3. The molecule has 0 spiro atoms. The Hall–Kier alpha value is -0.0800. The molecule has 0 aromatic carbocycles. The highest BCUT2D eigenvalue weighted by molar-refractivity contribution is 9.11. The van der Waals surface area contributed by atoms with Crippen LogP contribution in [0.25, 0.3) is 0 Å². The molecule has 0 saturated carbocycles. The van der Waals surface area contributed by atoms with Crippen molar-refractivity contribution < 1.29 is 0 Å². The van der Waals surface area contributed by atoms with Crippen LogP contribution in [0.15, 0.2) is 22.7 Å². The number of nitrogens with two attached hydrogens (primary N) is 1. The van der Waals surface area contributed by atoms with E-state index in [0.29, 0.717) is 6.04 Å². The van der Waals surface area contributed by atoms with Crippen LogP contribution in [-0.4, -0.2) is 6.04 Å². The van der Waals surface area contributed by atoms with Gasteiger partial charge in [0.25, 0.3) is 0 Å². The van der Waals surface area contributed by atoms with Crippen LogP contribution in [0.4, 0.5) is 0 Å². The van der Waals surface area contributed by atoms with Crippen molar-refractivity contribution in [3.63, 3.8) is 0 Å². The van der Waals surface area contributed by atoms with E-state index in [9.17, 15) is 0 Å². The van der Waals surface area contributed by atoms with E-state index in [-0.39, 0.29) is 0 Å². The maximum absolute atomic E-state index is 5.75. The highest BCUT2D eigenvalue weighted by atomic mass is 79.9. The van der Waals surface area contributed by atoms with E-state index < -0.39 is 0 Å². The van der Waals surface area contributed by atoms with E-state index in [0.717, 1.165) is 19.3 Å². The third kappa shape index (κ3) is 2.67. The Bertz CT molecular complexity index is 161. The molecule has 0 aromatic rings. The molecule has 0 fully saturated rings. The van der Waals surface area contributed by atoms with Crippen LogP contribution in [0.3, 0.4) is 0 Å². The predicted octanol–water partition coefficient (Wildman–Crippen LogP) is 2.33. The van der Waals surface area contributed by atoms with E-state index in [2.05, 4.69) is 34.2 Å². The summed E-state index contributed by atoms with van der Waals surface area (Å²) in [5.74, 6) is 0. The largest absolute Gasteiger partial charge is 0.327 e. The first-order valence-electron chi connectivity index (χ1n) is 3.57.